The number of nitrogens with one attached hydrogen (secondary N) is 1. The molecule has 0 unspecified atom stereocenters. The van der Waals surface area contributed by atoms with Gasteiger partial charge in [0.25, 0.3) is 5.91 Å². The molecule has 104 valence electrons. The number of anilines is 2. The summed E-state index contributed by atoms with van der Waals surface area (Å²) in [6.45, 7) is 0. The summed E-state index contributed by atoms with van der Waals surface area (Å²) in [5, 5.41) is 3.01. The van der Waals surface area contributed by atoms with E-state index in [0.717, 1.165) is 0 Å². The Labute approximate surface area is 120 Å². The molecule has 0 saturated heterocycles. The standard InChI is InChI=1S/C16H12N2O3/c17-10-5-7-11(8-6-10)18-16(20)13-9-21-14-4-2-1-3-12(14)15(13)19/h1-9H,17H2,(H,18,20). The highest BCUT2D eigenvalue weighted by Crippen LogP contribution is 2.13. The first-order valence-corrected chi connectivity index (χ1v) is 6.32. The summed E-state index contributed by atoms with van der Waals surface area (Å²) in [5.41, 5.74) is 6.79. The second kappa shape index (κ2) is 5.13. The zero-order valence-electron chi connectivity index (χ0n) is 11.0. The third kappa shape index (κ3) is 2.49. The van der Waals surface area contributed by atoms with Gasteiger partial charge in [0.05, 0.1) is 5.39 Å². The molecule has 5 nitrogen and oxygen atoms in total. The van der Waals surface area contributed by atoms with Crippen LogP contribution < -0.4 is 16.5 Å². The molecule has 3 aromatic rings. The predicted octanol–water partition coefficient (Wildman–Crippen LogP) is 2.63. The van der Waals surface area contributed by atoms with Crippen molar-refractivity contribution in [3.05, 3.63) is 70.6 Å². The van der Waals surface area contributed by atoms with E-state index in [0.29, 0.717) is 22.3 Å². The summed E-state index contributed by atoms with van der Waals surface area (Å²) in [6, 6.07) is 13.4. The monoisotopic (exact) mass is 280 g/mol. The molecule has 0 spiro atoms. The zero-order chi connectivity index (χ0) is 14.8. The van der Waals surface area contributed by atoms with Gasteiger partial charge in [-0.25, -0.2) is 0 Å². The fraction of sp³-hybridized carbons (Fsp3) is 0. The van der Waals surface area contributed by atoms with Gasteiger partial charge < -0.3 is 15.5 Å². The number of carbonyl (C=O) groups is 1. The van der Waals surface area contributed by atoms with Crippen LogP contribution in [0, 0.1) is 0 Å². The molecular formula is C16H12N2O3. The summed E-state index contributed by atoms with van der Waals surface area (Å²) in [4.78, 5) is 24.4. The van der Waals surface area contributed by atoms with Crippen LogP contribution in [-0.4, -0.2) is 5.91 Å². The number of fused-ring (bicyclic) bond motifs is 1. The molecule has 1 heterocycles. The number of carbonyl (C=O) groups excluding carboxylic acids is 1. The number of rotatable bonds is 2. The fourth-order valence-corrected chi connectivity index (χ4v) is 2.00. The van der Waals surface area contributed by atoms with Gasteiger partial charge in [0.15, 0.2) is 0 Å². The van der Waals surface area contributed by atoms with Crippen LogP contribution in [0.5, 0.6) is 0 Å². The van der Waals surface area contributed by atoms with Gasteiger partial charge in [0.1, 0.15) is 17.4 Å². The third-order valence-corrected chi connectivity index (χ3v) is 3.09. The minimum atomic E-state index is -0.515. The maximum Gasteiger partial charge on any atom is 0.262 e. The Balaban J connectivity index is 1.96. The van der Waals surface area contributed by atoms with Crippen molar-refractivity contribution < 1.29 is 9.21 Å². The second-order valence-corrected chi connectivity index (χ2v) is 4.55. The van der Waals surface area contributed by atoms with Crippen molar-refractivity contribution in [1.29, 1.82) is 0 Å². The van der Waals surface area contributed by atoms with Crippen molar-refractivity contribution in [1.82, 2.24) is 0 Å². The molecule has 0 aliphatic heterocycles. The first-order valence-electron chi connectivity index (χ1n) is 6.32. The van der Waals surface area contributed by atoms with Crippen LogP contribution in [0.2, 0.25) is 0 Å². The lowest BCUT2D eigenvalue weighted by molar-refractivity contribution is 0.102. The van der Waals surface area contributed by atoms with E-state index in [4.69, 9.17) is 10.2 Å². The number of benzene rings is 2. The van der Waals surface area contributed by atoms with Crippen molar-refractivity contribution >= 4 is 28.3 Å². The summed E-state index contributed by atoms with van der Waals surface area (Å²) >= 11 is 0. The van der Waals surface area contributed by atoms with Gasteiger partial charge in [-0.3, -0.25) is 9.59 Å². The summed E-state index contributed by atoms with van der Waals surface area (Å²) in [6.07, 6.45) is 1.18. The van der Waals surface area contributed by atoms with Crippen LogP contribution in [0.4, 0.5) is 11.4 Å². The van der Waals surface area contributed by atoms with Gasteiger partial charge in [-0.1, -0.05) is 12.1 Å². The quantitative estimate of drug-likeness (QED) is 0.707. The molecule has 0 saturated carbocycles. The Morgan fingerprint density at radius 1 is 1.05 bits per heavy atom. The first kappa shape index (κ1) is 12.9. The molecule has 0 atom stereocenters. The molecule has 3 N–H and O–H groups in total. The highest BCUT2D eigenvalue weighted by Gasteiger charge is 2.14. The lowest BCUT2D eigenvalue weighted by Crippen LogP contribution is -2.21. The van der Waals surface area contributed by atoms with Crippen LogP contribution in [0.1, 0.15) is 10.4 Å². The number of hydrogen-bond donors (Lipinski definition) is 2. The SMILES string of the molecule is Nc1ccc(NC(=O)c2coc3ccccc3c2=O)cc1. The van der Waals surface area contributed by atoms with Crippen molar-refractivity contribution in [3.8, 4) is 0 Å². The molecule has 0 fully saturated rings. The van der Waals surface area contributed by atoms with Crippen molar-refractivity contribution in [2.24, 2.45) is 0 Å². The van der Waals surface area contributed by atoms with Gasteiger partial charge in [-0.05, 0) is 36.4 Å². The Bertz CT molecular complexity index is 867. The Morgan fingerprint density at radius 3 is 2.52 bits per heavy atom. The highest BCUT2D eigenvalue weighted by atomic mass is 16.3. The van der Waals surface area contributed by atoms with Crippen LogP contribution in [0.25, 0.3) is 11.0 Å². The topological polar surface area (TPSA) is 85.3 Å². The van der Waals surface area contributed by atoms with E-state index in [1.807, 2.05) is 0 Å². The Kier molecular flexibility index (Phi) is 3.16. The molecule has 0 radical (unpaired) electrons. The van der Waals surface area contributed by atoms with E-state index in [1.54, 1.807) is 48.5 Å². The molecule has 3 rings (SSSR count). The molecule has 0 aliphatic carbocycles. The van der Waals surface area contributed by atoms with Gasteiger partial charge in [-0.2, -0.15) is 0 Å². The fourth-order valence-electron chi connectivity index (χ4n) is 2.00. The normalized spacial score (nSPS) is 10.5. The van der Waals surface area contributed by atoms with E-state index in [-0.39, 0.29) is 11.0 Å². The van der Waals surface area contributed by atoms with Crippen molar-refractivity contribution in [2.75, 3.05) is 11.1 Å². The Morgan fingerprint density at radius 2 is 1.76 bits per heavy atom. The maximum atomic E-state index is 12.3. The van der Waals surface area contributed by atoms with Gasteiger partial charge in [-0.15, -0.1) is 0 Å². The molecule has 1 aromatic heterocycles. The number of nitrogen functional groups attached to an aromatic ring is 1. The third-order valence-electron chi connectivity index (χ3n) is 3.09. The van der Waals surface area contributed by atoms with E-state index in [9.17, 15) is 9.59 Å². The van der Waals surface area contributed by atoms with Crippen molar-refractivity contribution in [3.63, 3.8) is 0 Å². The molecule has 0 bridgehead atoms. The molecular weight excluding hydrogens is 268 g/mol. The molecule has 1 amide bonds. The minimum Gasteiger partial charge on any atom is -0.463 e. The van der Waals surface area contributed by atoms with Crippen LogP contribution in [0.15, 0.2) is 64.0 Å². The molecule has 2 aromatic carbocycles. The number of nitrogens with two attached hydrogens (primary N) is 1. The smallest absolute Gasteiger partial charge is 0.262 e. The summed E-state index contributed by atoms with van der Waals surface area (Å²) in [5.74, 6) is -0.515. The summed E-state index contributed by atoms with van der Waals surface area (Å²) < 4.78 is 5.32. The zero-order valence-corrected chi connectivity index (χ0v) is 11.0. The number of para-hydroxylation sites is 1. The van der Waals surface area contributed by atoms with E-state index >= 15 is 0 Å². The predicted molar refractivity (Wildman–Crippen MR) is 81.3 cm³/mol. The Hall–Kier alpha value is -3.08. The van der Waals surface area contributed by atoms with E-state index < -0.39 is 5.91 Å². The number of hydrogen-bond acceptors (Lipinski definition) is 4. The van der Waals surface area contributed by atoms with Gasteiger partial charge >= 0.3 is 0 Å². The summed E-state index contributed by atoms with van der Waals surface area (Å²) in [7, 11) is 0. The average Bonchev–Trinajstić information content (AvgIpc) is 2.50. The second-order valence-electron chi connectivity index (χ2n) is 4.55. The van der Waals surface area contributed by atoms with Crippen LogP contribution in [-0.2, 0) is 0 Å². The maximum absolute atomic E-state index is 12.3. The first-order chi connectivity index (χ1) is 10.1. The average molecular weight is 280 g/mol. The van der Waals surface area contributed by atoms with Gasteiger partial charge in [0, 0.05) is 11.4 Å². The van der Waals surface area contributed by atoms with E-state index in [2.05, 4.69) is 5.32 Å². The van der Waals surface area contributed by atoms with Crippen LogP contribution in [0.3, 0.4) is 0 Å². The molecule has 5 heteroatoms. The van der Waals surface area contributed by atoms with E-state index in [1.165, 1.54) is 6.26 Å². The lowest BCUT2D eigenvalue weighted by Gasteiger charge is -2.05. The molecule has 21 heavy (non-hydrogen) atoms. The van der Waals surface area contributed by atoms with Crippen molar-refractivity contribution in [2.45, 2.75) is 0 Å². The largest absolute Gasteiger partial charge is 0.463 e. The highest BCUT2D eigenvalue weighted by molar-refractivity contribution is 6.05. The van der Waals surface area contributed by atoms with Crippen LogP contribution >= 0.6 is 0 Å². The van der Waals surface area contributed by atoms with Gasteiger partial charge in [0.2, 0.25) is 5.43 Å². The lowest BCUT2D eigenvalue weighted by atomic mass is 10.1. The minimum absolute atomic E-state index is 0.0366. The molecule has 0 aliphatic rings. The number of amides is 1.